The van der Waals surface area contributed by atoms with Crippen LogP contribution in [0, 0.1) is 6.92 Å². The van der Waals surface area contributed by atoms with Gasteiger partial charge in [0.2, 0.25) is 5.91 Å². The fourth-order valence-electron chi connectivity index (χ4n) is 5.41. The lowest BCUT2D eigenvalue weighted by Crippen LogP contribution is -2.51. The first kappa shape index (κ1) is 35.3. The van der Waals surface area contributed by atoms with Gasteiger partial charge < -0.3 is 25.6 Å². The Bertz CT molecular complexity index is 1880. The number of benzene rings is 1. The lowest BCUT2D eigenvalue weighted by atomic mass is 10.1. The number of carbonyl (C=O) groups is 2. The van der Waals surface area contributed by atoms with Crippen molar-refractivity contribution in [2.75, 3.05) is 55.3 Å². The van der Waals surface area contributed by atoms with Gasteiger partial charge in [0, 0.05) is 32.4 Å². The number of alkyl halides is 3. The van der Waals surface area contributed by atoms with E-state index in [2.05, 4.69) is 25.4 Å². The molecule has 13 nitrogen and oxygen atoms in total. The Hall–Kier alpha value is -4.96. The molecule has 0 saturated carbocycles. The van der Waals surface area contributed by atoms with Crippen LogP contribution in [0.25, 0.3) is 5.57 Å². The SMILES string of the molecule is CCc1ncnc(C2=CCOCC2)[nH]n(CC(=O)Nc2ccc(C(F)(F)F)cc2Cl)c(=O)c1N1CCN(C(=O)c2nccc(C)c2N)CC1. The van der Waals surface area contributed by atoms with Gasteiger partial charge in [-0.1, -0.05) is 24.6 Å². The molecule has 0 atom stereocenters. The average molecular weight is 702 g/mol. The van der Waals surface area contributed by atoms with Gasteiger partial charge in [-0.15, -0.1) is 0 Å². The molecule has 2 aliphatic heterocycles. The Labute approximate surface area is 284 Å². The standard InChI is InChI=1S/C32H35ClF3N9O4/c1-3-23-28(43-10-12-44(13-11-43)30(47)27-26(37)19(2)6-9-38-27)31(48)45(42-29(40-18-39-23)20-7-14-49-15-8-20)17-25(46)41-24-5-4-21(16-22(24)33)32(34,35)36/h4-7,9,16,18H,3,8,10-15,17,37H2,1-2H3,(H,41,46)(H,39,40,42). The second-order valence-electron chi connectivity index (χ2n) is 11.3. The van der Waals surface area contributed by atoms with Gasteiger partial charge in [-0.05, 0) is 55.2 Å². The minimum atomic E-state index is -4.62. The number of pyridine rings is 1. The minimum Gasteiger partial charge on any atom is -0.397 e. The van der Waals surface area contributed by atoms with Crippen molar-refractivity contribution in [2.24, 2.45) is 0 Å². The van der Waals surface area contributed by atoms with E-state index in [-0.39, 0.29) is 60.0 Å². The Balaban J connectivity index is 1.50. The molecular formula is C32H35ClF3N9O4. The van der Waals surface area contributed by atoms with Crippen molar-refractivity contribution < 1.29 is 27.5 Å². The number of nitrogens with zero attached hydrogens (tertiary/aromatic N) is 6. The van der Waals surface area contributed by atoms with Crippen molar-refractivity contribution in [1.29, 1.82) is 0 Å². The smallest absolute Gasteiger partial charge is 0.397 e. The Kier molecular flexibility index (Phi) is 10.9. The van der Waals surface area contributed by atoms with Gasteiger partial charge in [-0.2, -0.15) is 13.2 Å². The molecule has 0 radical (unpaired) electrons. The first-order valence-electron chi connectivity index (χ1n) is 15.5. The van der Waals surface area contributed by atoms with E-state index in [0.29, 0.717) is 43.5 Å². The number of carbonyl (C=O) groups excluding carboxylic acids is 2. The first-order chi connectivity index (χ1) is 23.4. The number of rotatable bonds is 7. The summed E-state index contributed by atoms with van der Waals surface area (Å²) in [4.78, 5) is 57.6. The van der Waals surface area contributed by atoms with E-state index < -0.39 is 29.8 Å². The van der Waals surface area contributed by atoms with Crippen LogP contribution < -0.4 is 21.5 Å². The van der Waals surface area contributed by atoms with Crippen LogP contribution in [0.1, 0.15) is 46.5 Å². The number of hydrogen-bond acceptors (Lipinski definition) is 9. The molecule has 49 heavy (non-hydrogen) atoms. The highest BCUT2D eigenvalue weighted by molar-refractivity contribution is 6.33. The van der Waals surface area contributed by atoms with E-state index >= 15 is 0 Å². The van der Waals surface area contributed by atoms with Crippen molar-refractivity contribution in [3.05, 3.63) is 86.6 Å². The van der Waals surface area contributed by atoms with Gasteiger partial charge in [0.15, 0.2) is 5.69 Å². The highest BCUT2D eigenvalue weighted by Crippen LogP contribution is 2.33. The zero-order valence-electron chi connectivity index (χ0n) is 26.8. The number of amides is 2. The molecule has 3 aromatic rings. The topological polar surface area (TPSA) is 164 Å². The third kappa shape index (κ3) is 8.20. The maximum Gasteiger partial charge on any atom is 0.416 e. The highest BCUT2D eigenvalue weighted by atomic mass is 35.5. The monoisotopic (exact) mass is 701 g/mol. The summed E-state index contributed by atoms with van der Waals surface area (Å²) in [5.41, 5.74) is 7.03. The van der Waals surface area contributed by atoms with E-state index in [1.165, 1.54) is 12.5 Å². The van der Waals surface area contributed by atoms with Crippen LogP contribution in [-0.2, 0) is 28.7 Å². The number of aromatic amines is 1. The Morgan fingerprint density at radius 1 is 1.12 bits per heavy atom. The summed E-state index contributed by atoms with van der Waals surface area (Å²) in [6.07, 6.45) is 0.855. The molecule has 4 N–H and O–H groups in total. The van der Waals surface area contributed by atoms with E-state index in [4.69, 9.17) is 22.1 Å². The van der Waals surface area contributed by atoms with Gasteiger partial charge in [-0.25, -0.2) is 19.6 Å². The molecular weight excluding hydrogens is 667 g/mol. The average Bonchev–Trinajstić information content (AvgIpc) is 3.14. The third-order valence-corrected chi connectivity index (χ3v) is 8.44. The van der Waals surface area contributed by atoms with Crippen molar-refractivity contribution >= 4 is 46.1 Å². The molecule has 0 bridgehead atoms. The van der Waals surface area contributed by atoms with Crippen LogP contribution >= 0.6 is 11.6 Å². The van der Waals surface area contributed by atoms with Crippen LogP contribution in [0.15, 0.2) is 47.7 Å². The van der Waals surface area contributed by atoms with Crippen LogP contribution in [-0.4, -0.2) is 80.8 Å². The predicted octanol–water partition coefficient (Wildman–Crippen LogP) is 4.02. The van der Waals surface area contributed by atoms with Crippen LogP contribution in [0.3, 0.4) is 0 Å². The molecule has 1 saturated heterocycles. The van der Waals surface area contributed by atoms with Crippen molar-refractivity contribution in [3.63, 3.8) is 0 Å². The number of piperazine rings is 1. The van der Waals surface area contributed by atoms with Crippen LogP contribution in [0.4, 0.5) is 30.2 Å². The molecule has 1 aromatic carbocycles. The highest BCUT2D eigenvalue weighted by Gasteiger charge is 2.31. The summed E-state index contributed by atoms with van der Waals surface area (Å²) in [5.74, 6) is -0.788. The van der Waals surface area contributed by atoms with Gasteiger partial charge in [0.25, 0.3) is 11.5 Å². The molecule has 17 heteroatoms. The van der Waals surface area contributed by atoms with Crippen LogP contribution in [0.2, 0.25) is 5.02 Å². The Morgan fingerprint density at radius 3 is 2.53 bits per heavy atom. The molecule has 5 rings (SSSR count). The van der Waals surface area contributed by atoms with Gasteiger partial charge in [0.1, 0.15) is 24.4 Å². The Morgan fingerprint density at radius 2 is 1.88 bits per heavy atom. The summed E-state index contributed by atoms with van der Waals surface area (Å²) in [7, 11) is 0. The molecule has 0 spiro atoms. The number of halogens is 4. The van der Waals surface area contributed by atoms with Gasteiger partial charge in [0.05, 0.1) is 40.9 Å². The summed E-state index contributed by atoms with van der Waals surface area (Å²) in [6, 6.07) is 4.28. The largest absolute Gasteiger partial charge is 0.416 e. The van der Waals surface area contributed by atoms with Gasteiger partial charge in [-0.3, -0.25) is 19.5 Å². The fraction of sp³-hybridized carbons (Fsp3) is 0.375. The van der Waals surface area contributed by atoms with E-state index in [9.17, 15) is 27.6 Å². The second-order valence-corrected chi connectivity index (χ2v) is 11.7. The fourth-order valence-corrected chi connectivity index (χ4v) is 5.64. The normalized spacial score (nSPS) is 15.0. The molecule has 2 aromatic heterocycles. The zero-order valence-corrected chi connectivity index (χ0v) is 27.6. The van der Waals surface area contributed by atoms with E-state index in [1.807, 2.05) is 6.92 Å². The number of ether oxygens (including phenoxy) is 1. The van der Waals surface area contributed by atoms with E-state index in [1.54, 1.807) is 28.9 Å². The number of hydrogen-bond donors (Lipinski definition) is 3. The predicted molar refractivity (Wildman–Crippen MR) is 178 cm³/mol. The molecule has 260 valence electrons. The van der Waals surface area contributed by atoms with E-state index in [0.717, 1.165) is 28.0 Å². The third-order valence-electron chi connectivity index (χ3n) is 8.13. The molecule has 2 amide bonds. The second kappa shape index (κ2) is 15.1. The number of aromatic nitrogens is 5. The number of nitrogens with two attached hydrogens (primary N) is 1. The summed E-state index contributed by atoms with van der Waals surface area (Å²) < 4.78 is 46.0. The number of nitrogen functional groups attached to an aromatic ring is 1. The number of nitrogens with one attached hydrogen (secondary N) is 2. The number of anilines is 3. The van der Waals surface area contributed by atoms with Crippen molar-refractivity contribution in [3.8, 4) is 0 Å². The maximum atomic E-state index is 14.4. The summed E-state index contributed by atoms with van der Waals surface area (Å²) >= 11 is 6.08. The van der Waals surface area contributed by atoms with Crippen LogP contribution in [0.5, 0.6) is 0 Å². The number of H-pyrrole nitrogens is 1. The molecule has 4 heterocycles. The first-order valence-corrected chi connectivity index (χ1v) is 15.9. The molecule has 0 aliphatic carbocycles. The zero-order chi connectivity index (χ0) is 35.3. The van der Waals surface area contributed by atoms with Gasteiger partial charge >= 0.3 is 6.18 Å². The maximum absolute atomic E-state index is 14.4. The molecule has 0 unspecified atom stereocenters. The van der Waals surface area contributed by atoms with Crippen molar-refractivity contribution in [1.82, 2.24) is 29.6 Å². The summed E-state index contributed by atoms with van der Waals surface area (Å²) in [6.45, 7) is 4.80. The minimum absolute atomic E-state index is 0.0599. The van der Waals surface area contributed by atoms with Crippen molar-refractivity contribution in [2.45, 2.75) is 39.4 Å². The summed E-state index contributed by atoms with van der Waals surface area (Å²) in [5, 5.41) is 5.15. The molecule has 1 fully saturated rings. The lowest BCUT2D eigenvalue weighted by Gasteiger charge is -2.36. The molecule has 2 aliphatic rings. The lowest BCUT2D eigenvalue weighted by molar-refractivity contribution is -0.137. The number of aryl methyl sites for hydroxylation is 2. The quantitative estimate of drug-likeness (QED) is 0.330.